The van der Waals surface area contributed by atoms with Crippen LogP contribution in [-0.2, 0) is 6.42 Å². The molecular formula is C12H15FO2. The summed E-state index contributed by atoms with van der Waals surface area (Å²) >= 11 is 0. The van der Waals surface area contributed by atoms with Crippen molar-refractivity contribution in [1.82, 2.24) is 0 Å². The third-order valence-electron chi connectivity index (χ3n) is 2.71. The number of aliphatic hydroxyl groups is 1. The first-order chi connectivity index (χ1) is 7.31. The number of fused-ring (bicyclic) bond motifs is 1. The van der Waals surface area contributed by atoms with Crippen LogP contribution in [0.2, 0.25) is 0 Å². The molecule has 1 atom stereocenters. The second-order valence-corrected chi connectivity index (χ2v) is 3.81. The lowest BCUT2D eigenvalue weighted by atomic mass is 10.1. The van der Waals surface area contributed by atoms with E-state index in [4.69, 9.17) is 4.74 Å². The molecule has 3 heteroatoms. The number of ether oxygens (including phenoxy) is 1. The Morgan fingerprint density at radius 1 is 1.47 bits per heavy atom. The number of hydrogen-bond acceptors (Lipinski definition) is 2. The van der Waals surface area contributed by atoms with Gasteiger partial charge in [-0.15, -0.1) is 0 Å². The van der Waals surface area contributed by atoms with Gasteiger partial charge in [0.1, 0.15) is 5.75 Å². The maximum atomic E-state index is 11.9. The van der Waals surface area contributed by atoms with Gasteiger partial charge in [0.25, 0.3) is 0 Å². The van der Waals surface area contributed by atoms with E-state index >= 15 is 0 Å². The Labute approximate surface area is 88.7 Å². The molecule has 0 saturated heterocycles. The number of aryl methyl sites for hydroxylation is 1. The number of aliphatic hydroxyl groups excluding tert-OH is 1. The SMILES string of the molecule is OC1CCc2cc(OCCCF)ccc21. The molecule has 2 nitrogen and oxygen atoms in total. The van der Waals surface area contributed by atoms with Gasteiger partial charge >= 0.3 is 0 Å². The lowest BCUT2D eigenvalue weighted by Gasteiger charge is -2.08. The zero-order chi connectivity index (χ0) is 10.7. The standard InChI is InChI=1S/C12H15FO2/c13-6-1-7-15-10-3-4-11-9(8-10)2-5-12(11)14/h3-4,8,12,14H,1-2,5-7H2. The Kier molecular flexibility index (Phi) is 3.21. The van der Waals surface area contributed by atoms with Crippen LogP contribution in [0.15, 0.2) is 18.2 Å². The van der Waals surface area contributed by atoms with Crippen LogP contribution in [0.1, 0.15) is 30.1 Å². The second kappa shape index (κ2) is 4.62. The lowest BCUT2D eigenvalue weighted by Crippen LogP contribution is -1.99. The normalized spacial score (nSPS) is 18.9. The summed E-state index contributed by atoms with van der Waals surface area (Å²) in [7, 11) is 0. The van der Waals surface area contributed by atoms with Gasteiger partial charge in [-0.1, -0.05) is 6.07 Å². The summed E-state index contributed by atoms with van der Waals surface area (Å²) in [5.41, 5.74) is 2.16. The highest BCUT2D eigenvalue weighted by atomic mass is 19.1. The highest BCUT2D eigenvalue weighted by Gasteiger charge is 2.20. The summed E-state index contributed by atoms with van der Waals surface area (Å²) in [6.45, 7) is 0.0709. The molecule has 1 N–H and O–H groups in total. The van der Waals surface area contributed by atoms with Crippen LogP contribution in [0.3, 0.4) is 0 Å². The molecule has 1 aliphatic rings. The molecule has 1 aliphatic carbocycles. The van der Waals surface area contributed by atoms with Crippen molar-refractivity contribution in [1.29, 1.82) is 0 Å². The van der Waals surface area contributed by atoms with Crippen molar-refractivity contribution in [2.24, 2.45) is 0 Å². The molecule has 15 heavy (non-hydrogen) atoms. The van der Waals surface area contributed by atoms with E-state index in [-0.39, 0.29) is 12.8 Å². The Hall–Kier alpha value is -1.09. The fraction of sp³-hybridized carbons (Fsp3) is 0.500. The maximum absolute atomic E-state index is 11.9. The molecule has 1 aromatic rings. The molecule has 82 valence electrons. The molecule has 0 radical (unpaired) electrons. The average molecular weight is 210 g/mol. The Morgan fingerprint density at radius 2 is 2.33 bits per heavy atom. The minimum Gasteiger partial charge on any atom is -0.493 e. The zero-order valence-corrected chi connectivity index (χ0v) is 8.58. The minimum atomic E-state index is -0.344. The molecule has 0 amide bonds. The molecule has 0 aliphatic heterocycles. The fourth-order valence-corrected chi connectivity index (χ4v) is 1.91. The average Bonchev–Trinajstić information content (AvgIpc) is 2.61. The summed E-state index contributed by atoms with van der Waals surface area (Å²) in [4.78, 5) is 0. The molecule has 0 heterocycles. The van der Waals surface area contributed by atoms with Crippen molar-refractivity contribution >= 4 is 0 Å². The lowest BCUT2D eigenvalue weighted by molar-refractivity contribution is 0.180. The van der Waals surface area contributed by atoms with Gasteiger partial charge in [-0.25, -0.2) is 0 Å². The Balaban J connectivity index is 2.03. The number of alkyl halides is 1. The zero-order valence-electron chi connectivity index (χ0n) is 8.58. The van der Waals surface area contributed by atoms with Gasteiger partial charge in [0, 0.05) is 6.42 Å². The molecular weight excluding hydrogens is 195 g/mol. The van der Waals surface area contributed by atoms with Crippen molar-refractivity contribution in [3.63, 3.8) is 0 Å². The van der Waals surface area contributed by atoms with Crippen LogP contribution in [0.4, 0.5) is 4.39 Å². The van der Waals surface area contributed by atoms with E-state index in [1.165, 1.54) is 0 Å². The maximum Gasteiger partial charge on any atom is 0.119 e. The highest BCUT2D eigenvalue weighted by molar-refractivity contribution is 5.39. The van der Waals surface area contributed by atoms with Gasteiger partial charge in [0.2, 0.25) is 0 Å². The minimum absolute atomic E-state index is 0.320. The number of rotatable bonds is 4. The van der Waals surface area contributed by atoms with Crippen molar-refractivity contribution in [2.45, 2.75) is 25.4 Å². The number of benzene rings is 1. The number of halogens is 1. The molecule has 0 saturated carbocycles. The van der Waals surface area contributed by atoms with Crippen molar-refractivity contribution < 1.29 is 14.2 Å². The van der Waals surface area contributed by atoms with Gasteiger partial charge in [0.15, 0.2) is 0 Å². The second-order valence-electron chi connectivity index (χ2n) is 3.81. The fourth-order valence-electron chi connectivity index (χ4n) is 1.91. The van der Waals surface area contributed by atoms with Crippen molar-refractivity contribution in [2.75, 3.05) is 13.3 Å². The summed E-state index contributed by atoms with van der Waals surface area (Å²) < 4.78 is 17.2. The van der Waals surface area contributed by atoms with Gasteiger partial charge in [-0.3, -0.25) is 4.39 Å². The summed E-state index contributed by atoms with van der Waals surface area (Å²) in [6.07, 6.45) is 1.81. The van der Waals surface area contributed by atoms with E-state index in [9.17, 15) is 9.50 Å². The van der Waals surface area contributed by atoms with Crippen LogP contribution < -0.4 is 4.74 Å². The first kappa shape index (κ1) is 10.4. The Morgan fingerprint density at radius 3 is 3.13 bits per heavy atom. The van der Waals surface area contributed by atoms with E-state index in [0.29, 0.717) is 13.0 Å². The van der Waals surface area contributed by atoms with Crippen molar-refractivity contribution in [3.05, 3.63) is 29.3 Å². The van der Waals surface area contributed by atoms with E-state index in [2.05, 4.69) is 0 Å². The predicted octanol–water partition coefficient (Wildman–Crippen LogP) is 2.40. The first-order valence-electron chi connectivity index (χ1n) is 5.31. The molecule has 0 fully saturated rings. The number of hydrogen-bond donors (Lipinski definition) is 1. The Bertz CT molecular complexity index is 338. The summed E-state index contributed by atoms with van der Waals surface area (Å²) in [5.74, 6) is 0.774. The van der Waals surface area contributed by atoms with Gasteiger partial charge in [-0.2, -0.15) is 0 Å². The summed E-state index contributed by atoms with van der Waals surface area (Å²) in [5, 5.41) is 9.60. The van der Waals surface area contributed by atoms with Gasteiger partial charge in [-0.05, 0) is 36.1 Å². The van der Waals surface area contributed by atoms with Crippen LogP contribution in [0.5, 0.6) is 5.75 Å². The topological polar surface area (TPSA) is 29.5 Å². The first-order valence-corrected chi connectivity index (χ1v) is 5.31. The van der Waals surface area contributed by atoms with Gasteiger partial charge < -0.3 is 9.84 Å². The molecule has 2 rings (SSSR count). The van der Waals surface area contributed by atoms with E-state index in [1.54, 1.807) is 0 Å². The highest BCUT2D eigenvalue weighted by Crippen LogP contribution is 2.33. The molecule has 1 unspecified atom stereocenters. The van der Waals surface area contributed by atoms with Crippen LogP contribution in [0, 0.1) is 0 Å². The molecule has 0 bridgehead atoms. The molecule has 0 spiro atoms. The predicted molar refractivity (Wildman–Crippen MR) is 55.8 cm³/mol. The van der Waals surface area contributed by atoms with E-state index in [1.807, 2.05) is 18.2 Å². The van der Waals surface area contributed by atoms with Crippen LogP contribution >= 0.6 is 0 Å². The monoisotopic (exact) mass is 210 g/mol. The van der Waals surface area contributed by atoms with E-state index < -0.39 is 0 Å². The molecule has 1 aromatic carbocycles. The van der Waals surface area contributed by atoms with Crippen molar-refractivity contribution in [3.8, 4) is 5.75 Å². The smallest absolute Gasteiger partial charge is 0.119 e. The third-order valence-corrected chi connectivity index (χ3v) is 2.71. The third kappa shape index (κ3) is 2.29. The largest absolute Gasteiger partial charge is 0.493 e. The molecule has 0 aromatic heterocycles. The van der Waals surface area contributed by atoms with Crippen LogP contribution in [0.25, 0.3) is 0 Å². The summed E-state index contributed by atoms with van der Waals surface area (Å²) in [6, 6.07) is 5.69. The van der Waals surface area contributed by atoms with Gasteiger partial charge in [0.05, 0.1) is 19.4 Å². The quantitative estimate of drug-likeness (QED) is 0.773. The van der Waals surface area contributed by atoms with Crippen LogP contribution in [-0.4, -0.2) is 18.4 Å². The van der Waals surface area contributed by atoms with E-state index in [0.717, 1.165) is 29.7 Å².